The lowest BCUT2D eigenvalue weighted by molar-refractivity contribution is -0.133. The van der Waals surface area contributed by atoms with Crippen molar-refractivity contribution in [2.24, 2.45) is 5.41 Å². The zero-order chi connectivity index (χ0) is 28.7. The summed E-state index contributed by atoms with van der Waals surface area (Å²) < 4.78 is 0. The Kier molecular flexibility index (Phi) is 10.2. The minimum Gasteiger partial charge on any atom is -0.351 e. The van der Waals surface area contributed by atoms with Gasteiger partial charge in [-0.2, -0.15) is 0 Å². The lowest BCUT2D eigenvalue weighted by Crippen LogP contribution is -2.46. The van der Waals surface area contributed by atoms with E-state index < -0.39 is 6.04 Å². The minimum absolute atomic E-state index is 0.0408. The molecule has 2 aliphatic heterocycles. The van der Waals surface area contributed by atoms with Crippen LogP contribution in [0.3, 0.4) is 0 Å². The molecule has 2 aliphatic rings. The lowest BCUT2D eigenvalue weighted by Gasteiger charge is -2.34. The highest BCUT2D eigenvalue weighted by Gasteiger charge is 2.38. The number of carbonyl (C=O) groups excluding carboxylic acids is 3. The van der Waals surface area contributed by atoms with Gasteiger partial charge in [0.1, 0.15) is 6.29 Å². The number of amides is 2. The summed E-state index contributed by atoms with van der Waals surface area (Å²) in [4.78, 5) is 44.7. The second kappa shape index (κ2) is 13.1. The molecule has 1 aromatic carbocycles. The zero-order valence-corrected chi connectivity index (χ0v) is 24.5. The van der Waals surface area contributed by atoms with Crippen molar-refractivity contribution in [3.63, 3.8) is 0 Å². The van der Waals surface area contributed by atoms with E-state index in [0.29, 0.717) is 18.7 Å². The van der Waals surface area contributed by atoms with E-state index in [9.17, 15) is 14.4 Å². The van der Waals surface area contributed by atoms with Crippen molar-refractivity contribution < 1.29 is 14.4 Å². The van der Waals surface area contributed by atoms with E-state index in [0.717, 1.165) is 42.5 Å². The summed E-state index contributed by atoms with van der Waals surface area (Å²) in [7, 11) is 2.02. The van der Waals surface area contributed by atoms with Gasteiger partial charge in [-0.3, -0.25) is 14.5 Å². The van der Waals surface area contributed by atoms with Gasteiger partial charge in [0, 0.05) is 18.7 Å². The largest absolute Gasteiger partial charge is 0.351 e. The molecule has 0 spiro atoms. The number of rotatable bonds is 8. The first-order valence-corrected chi connectivity index (χ1v) is 14.1. The number of likely N-dealkylation sites (N-methyl/N-ethyl adjacent to an activating group) is 1. The van der Waals surface area contributed by atoms with E-state index >= 15 is 0 Å². The summed E-state index contributed by atoms with van der Waals surface area (Å²) >= 11 is 1.66. The molecule has 208 valence electrons. The highest BCUT2D eigenvalue weighted by molar-refractivity contribution is 7.13. The zero-order valence-electron chi connectivity index (χ0n) is 23.7. The quantitative estimate of drug-likeness (QED) is 0.473. The standard InChI is InChI=1S/C17H21N3OS.C14H19NO2/c1-12-16(22-11-19-12)14-7-5-13(6-8-14)10-18-17(21)15-4-3-9-20(15)2;1-6-10-8-15(13(17)11(10)7-2)12(9-16)14(3,4)5/h5-8,11,15H,3-4,9-10H2,1-2H3,(H,18,21);6-7,9,12H,1-2,8H2,3-5H3. The van der Waals surface area contributed by atoms with Crippen molar-refractivity contribution in [2.45, 2.75) is 59.2 Å². The Morgan fingerprint density at radius 1 is 1.23 bits per heavy atom. The Morgan fingerprint density at radius 3 is 2.38 bits per heavy atom. The summed E-state index contributed by atoms with van der Waals surface area (Å²) in [6, 6.07) is 7.97. The van der Waals surface area contributed by atoms with Gasteiger partial charge in [-0.25, -0.2) is 4.98 Å². The highest BCUT2D eigenvalue weighted by atomic mass is 32.1. The molecule has 0 radical (unpaired) electrons. The van der Waals surface area contributed by atoms with Crippen molar-refractivity contribution in [1.29, 1.82) is 0 Å². The molecule has 2 aromatic rings. The van der Waals surface area contributed by atoms with Crippen LogP contribution in [0, 0.1) is 12.3 Å². The molecule has 8 heteroatoms. The van der Waals surface area contributed by atoms with Crippen LogP contribution in [0.2, 0.25) is 0 Å². The fourth-order valence-electron chi connectivity index (χ4n) is 4.90. The van der Waals surface area contributed by atoms with Gasteiger partial charge in [-0.05, 0) is 55.5 Å². The number of carbonyl (C=O) groups is 3. The Labute approximate surface area is 236 Å². The molecule has 3 heterocycles. The number of nitrogens with zero attached hydrogens (tertiary/aromatic N) is 3. The van der Waals surface area contributed by atoms with E-state index in [1.165, 1.54) is 16.5 Å². The maximum atomic E-state index is 12.2. The monoisotopic (exact) mass is 548 g/mol. The number of hydrogen-bond acceptors (Lipinski definition) is 6. The number of nitrogens with one attached hydrogen (secondary N) is 1. The van der Waals surface area contributed by atoms with Gasteiger partial charge in [-0.1, -0.05) is 70.3 Å². The first-order valence-electron chi connectivity index (χ1n) is 13.2. The van der Waals surface area contributed by atoms with Crippen molar-refractivity contribution >= 4 is 29.4 Å². The summed E-state index contributed by atoms with van der Waals surface area (Å²) in [5, 5.41) is 3.05. The smallest absolute Gasteiger partial charge is 0.255 e. The third kappa shape index (κ3) is 7.19. The molecule has 0 aliphatic carbocycles. The van der Waals surface area contributed by atoms with Gasteiger partial charge < -0.3 is 15.0 Å². The van der Waals surface area contributed by atoms with Gasteiger partial charge in [0.2, 0.25) is 5.91 Å². The molecular formula is C31H40N4O3S. The van der Waals surface area contributed by atoms with Crippen LogP contribution in [0.5, 0.6) is 0 Å². The van der Waals surface area contributed by atoms with Crippen LogP contribution in [0.1, 0.15) is 44.9 Å². The van der Waals surface area contributed by atoms with Crippen LogP contribution in [0.4, 0.5) is 0 Å². The molecule has 2 atom stereocenters. The molecular weight excluding hydrogens is 508 g/mol. The van der Waals surface area contributed by atoms with E-state index in [1.807, 2.05) is 40.3 Å². The van der Waals surface area contributed by atoms with E-state index in [1.54, 1.807) is 22.3 Å². The van der Waals surface area contributed by atoms with Crippen LogP contribution in [0.15, 0.2) is 66.2 Å². The molecule has 7 nitrogen and oxygen atoms in total. The topological polar surface area (TPSA) is 82.6 Å². The molecule has 1 N–H and O–H groups in total. The average Bonchev–Trinajstić information content (AvgIpc) is 3.61. The third-order valence-corrected chi connectivity index (χ3v) is 8.21. The van der Waals surface area contributed by atoms with E-state index in [4.69, 9.17) is 0 Å². The lowest BCUT2D eigenvalue weighted by atomic mass is 9.86. The highest BCUT2D eigenvalue weighted by Crippen LogP contribution is 2.30. The second-order valence-electron chi connectivity index (χ2n) is 11.0. The first kappa shape index (κ1) is 30.2. The molecule has 1 aromatic heterocycles. The molecule has 0 saturated carbocycles. The second-order valence-corrected chi connectivity index (χ2v) is 11.9. The van der Waals surface area contributed by atoms with Crippen LogP contribution < -0.4 is 5.32 Å². The molecule has 0 bridgehead atoms. The molecule has 4 rings (SSSR count). The number of aryl methyl sites for hydroxylation is 1. The first-order chi connectivity index (χ1) is 18.5. The molecule has 2 amide bonds. The van der Waals surface area contributed by atoms with Gasteiger partial charge in [0.25, 0.3) is 5.91 Å². The van der Waals surface area contributed by atoms with Gasteiger partial charge >= 0.3 is 0 Å². The fraction of sp³-hybridized carbons (Fsp3) is 0.419. The van der Waals surface area contributed by atoms with Crippen LogP contribution in [0.25, 0.3) is 10.4 Å². The molecule has 1 fully saturated rings. The number of aromatic nitrogens is 1. The van der Waals surface area contributed by atoms with Crippen molar-refractivity contribution in [2.75, 3.05) is 20.1 Å². The van der Waals surface area contributed by atoms with E-state index in [-0.39, 0.29) is 23.3 Å². The Morgan fingerprint density at radius 2 is 1.92 bits per heavy atom. The summed E-state index contributed by atoms with van der Waals surface area (Å²) in [6.45, 7) is 17.2. The summed E-state index contributed by atoms with van der Waals surface area (Å²) in [5.74, 6) is 0.00398. The number of hydrogen-bond donors (Lipinski definition) is 1. The van der Waals surface area contributed by atoms with Crippen molar-refractivity contribution in [3.8, 4) is 10.4 Å². The van der Waals surface area contributed by atoms with Crippen molar-refractivity contribution in [1.82, 2.24) is 20.1 Å². The van der Waals surface area contributed by atoms with Gasteiger partial charge in [-0.15, -0.1) is 11.3 Å². The maximum absolute atomic E-state index is 12.2. The predicted octanol–water partition coefficient (Wildman–Crippen LogP) is 4.94. The van der Waals surface area contributed by atoms with E-state index in [2.05, 4.69) is 52.6 Å². The Hall–Kier alpha value is -3.36. The number of thiazole rings is 1. The summed E-state index contributed by atoms with van der Waals surface area (Å²) in [6.07, 6.45) is 6.09. The van der Waals surface area contributed by atoms with Crippen LogP contribution in [-0.4, -0.2) is 65.1 Å². The van der Waals surface area contributed by atoms with Gasteiger partial charge in [0.05, 0.1) is 28.2 Å². The van der Waals surface area contributed by atoms with Crippen LogP contribution in [-0.2, 0) is 20.9 Å². The maximum Gasteiger partial charge on any atom is 0.255 e. The Bertz CT molecular complexity index is 1240. The predicted molar refractivity (Wildman–Crippen MR) is 158 cm³/mol. The fourth-order valence-corrected chi connectivity index (χ4v) is 5.71. The normalized spacial score (nSPS) is 18.4. The molecule has 2 unspecified atom stereocenters. The Balaban J connectivity index is 0.000000224. The van der Waals surface area contributed by atoms with Crippen LogP contribution >= 0.6 is 11.3 Å². The third-order valence-electron chi connectivity index (χ3n) is 7.23. The molecule has 1 saturated heterocycles. The average molecular weight is 549 g/mol. The summed E-state index contributed by atoms with van der Waals surface area (Å²) in [5.41, 5.74) is 6.36. The number of aldehydes is 1. The minimum atomic E-state index is -0.428. The number of benzene rings is 1. The number of likely N-dealkylation sites (tertiary alicyclic amines) is 1. The SMILES string of the molecule is C=CC1=C(C=C)C(=O)N(C(C=O)C(C)(C)C)C1.Cc1ncsc1-c1ccc(CNC(=O)C2CCCN2C)cc1. The van der Waals surface area contributed by atoms with Gasteiger partial charge in [0.15, 0.2) is 0 Å². The molecule has 39 heavy (non-hydrogen) atoms. The van der Waals surface area contributed by atoms with Crippen molar-refractivity contribution in [3.05, 3.63) is 77.5 Å².